The quantitative estimate of drug-likeness (QED) is 0.671. The van der Waals surface area contributed by atoms with Crippen LogP contribution in [-0.4, -0.2) is 24.9 Å². The number of nitrogens with one attached hydrogen (secondary N) is 2. The van der Waals surface area contributed by atoms with Gasteiger partial charge in [0.1, 0.15) is 0 Å². The van der Waals surface area contributed by atoms with E-state index in [-0.39, 0.29) is 0 Å². The first-order valence-corrected chi connectivity index (χ1v) is 7.28. The monoisotopic (exact) mass is 326 g/mol. The van der Waals surface area contributed by atoms with Gasteiger partial charge < -0.3 is 15.4 Å². The van der Waals surface area contributed by atoms with Crippen LogP contribution < -0.4 is 10.6 Å². The molecule has 0 saturated carbocycles. The van der Waals surface area contributed by atoms with Gasteiger partial charge in [-0.15, -0.1) is 0 Å². The first-order chi connectivity index (χ1) is 11.4. The van der Waals surface area contributed by atoms with Crippen LogP contribution in [0.5, 0.6) is 0 Å². The molecule has 24 heavy (non-hydrogen) atoms. The lowest BCUT2D eigenvalue weighted by Crippen LogP contribution is -2.29. The molecular formula is C18H18N2O4. The van der Waals surface area contributed by atoms with Gasteiger partial charge in [-0.25, -0.2) is 4.79 Å². The number of anilines is 2. The molecule has 0 unspecified atom stereocenters. The lowest BCUT2D eigenvalue weighted by Gasteiger charge is -2.10. The molecule has 0 atom stereocenters. The second-order valence-corrected chi connectivity index (χ2v) is 5.30. The molecule has 0 saturated heterocycles. The Hall–Kier alpha value is -3.15. The first kappa shape index (κ1) is 17.2. The van der Waals surface area contributed by atoms with Gasteiger partial charge in [0.25, 0.3) is 0 Å². The zero-order valence-electron chi connectivity index (χ0n) is 13.7. The smallest absolute Gasteiger partial charge is 0.337 e. The SMILES string of the molecule is COC(=O)c1ccc(NC(=O)C(=O)Nc2cc(C)ccc2C)cc1. The molecule has 6 heteroatoms. The number of ether oxygens (including phenoxy) is 1. The maximum Gasteiger partial charge on any atom is 0.337 e. The Morgan fingerprint density at radius 3 is 2.12 bits per heavy atom. The normalized spacial score (nSPS) is 9.96. The summed E-state index contributed by atoms with van der Waals surface area (Å²) in [7, 11) is 1.29. The standard InChI is InChI=1S/C18H18N2O4/c1-11-4-5-12(2)15(10-11)20-17(22)16(21)19-14-8-6-13(7-9-14)18(23)24-3/h4-10H,1-3H3,(H,19,21)(H,20,22). The van der Waals surface area contributed by atoms with Crippen LogP contribution in [-0.2, 0) is 14.3 Å². The van der Waals surface area contributed by atoms with Gasteiger partial charge in [0.05, 0.1) is 12.7 Å². The summed E-state index contributed by atoms with van der Waals surface area (Å²) in [5, 5.41) is 5.06. The molecule has 0 aliphatic heterocycles. The maximum atomic E-state index is 12.0. The Balaban J connectivity index is 2.02. The average molecular weight is 326 g/mol. The number of carbonyl (C=O) groups excluding carboxylic acids is 3. The molecule has 2 amide bonds. The molecule has 0 heterocycles. The van der Waals surface area contributed by atoms with Gasteiger partial charge in [-0.2, -0.15) is 0 Å². The minimum absolute atomic E-state index is 0.357. The molecule has 0 spiro atoms. The van der Waals surface area contributed by atoms with E-state index >= 15 is 0 Å². The van der Waals surface area contributed by atoms with Crippen LogP contribution in [0, 0.1) is 13.8 Å². The van der Waals surface area contributed by atoms with Crippen LogP contribution in [0.2, 0.25) is 0 Å². The summed E-state index contributed by atoms with van der Waals surface area (Å²) in [6.45, 7) is 3.75. The van der Waals surface area contributed by atoms with Crippen LogP contribution >= 0.6 is 0 Å². The summed E-state index contributed by atoms with van der Waals surface area (Å²) in [5.41, 5.74) is 3.20. The third-order valence-electron chi connectivity index (χ3n) is 3.41. The summed E-state index contributed by atoms with van der Waals surface area (Å²) >= 11 is 0. The van der Waals surface area contributed by atoms with E-state index in [1.165, 1.54) is 31.4 Å². The van der Waals surface area contributed by atoms with E-state index in [1.807, 2.05) is 26.0 Å². The third-order valence-corrected chi connectivity index (χ3v) is 3.41. The molecule has 2 N–H and O–H groups in total. The summed E-state index contributed by atoms with van der Waals surface area (Å²) in [6, 6.07) is 11.6. The van der Waals surface area contributed by atoms with Crippen molar-refractivity contribution in [2.45, 2.75) is 13.8 Å². The Morgan fingerprint density at radius 2 is 1.50 bits per heavy atom. The van der Waals surface area contributed by atoms with Crippen molar-refractivity contribution in [2.24, 2.45) is 0 Å². The predicted molar refractivity (Wildman–Crippen MR) is 91.0 cm³/mol. The van der Waals surface area contributed by atoms with Crippen LogP contribution in [0.25, 0.3) is 0 Å². The predicted octanol–water partition coefficient (Wildman–Crippen LogP) is 2.67. The fourth-order valence-electron chi connectivity index (χ4n) is 2.04. The molecule has 2 aromatic carbocycles. The topological polar surface area (TPSA) is 84.5 Å². The number of methoxy groups -OCH3 is 1. The number of carbonyl (C=O) groups is 3. The van der Waals surface area contributed by atoms with Crippen molar-refractivity contribution in [3.63, 3.8) is 0 Å². The Morgan fingerprint density at radius 1 is 0.875 bits per heavy atom. The van der Waals surface area contributed by atoms with E-state index in [1.54, 1.807) is 6.07 Å². The Kier molecular flexibility index (Phi) is 5.31. The largest absolute Gasteiger partial charge is 0.465 e. The molecule has 0 bridgehead atoms. The van der Waals surface area contributed by atoms with E-state index in [9.17, 15) is 14.4 Å². The summed E-state index contributed by atoms with van der Waals surface area (Å²) < 4.78 is 4.59. The van der Waals surface area contributed by atoms with Gasteiger partial charge in [0, 0.05) is 11.4 Å². The Labute approximate surface area is 139 Å². The van der Waals surface area contributed by atoms with Crippen molar-refractivity contribution < 1.29 is 19.1 Å². The highest BCUT2D eigenvalue weighted by molar-refractivity contribution is 6.43. The fraction of sp³-hybridized carbons (Fsp3) is 0.167. The fourth-order valence-corrected chi connectivity index (χ4v) is 2.04. The van der Waals surface area contributed by atoms with E-state index < -0.39 is 17.8 Å². The summed E-state index contributed by atoms with van der Waals surface area (Å²) in [4.78, 5) is 35.3. The molecule has 124 valence electrons. The summed E-state index contributed by atoms with van der Waals surface area (Å²) in [6.07, 6.45) is 0. The second-order valence-electron chi connectivity index (χ2n) is 5.30. The van der Waals surface area contributed by atoms with E-state index in [0.29, 0.717) is 16.9 Å². The molecule has 0 aliphatic rings. The van der Waals surface area contributed by atoms with Gasteiger partial charge in [0.2, 0.25) is 0 Å². The number of esters is 1. The lowest BCUT2D eigenvalue weighted by molar-refractivity contribution is -0.133. The van der Waals surface area contributed by atoms with Gasteiger partial charge in [-0.3, -0.25) is 9.59 Å². The number of aryl methyl sites for hydroxylation is 2. The van der Waals surface area contributed by atoms with E-state index in [2.05, 4.69) is 15.4 Å². The average Bonchev–Trinajstić information content (AvgIpc) is 2.58. The molecular weight excluding hydrogens is 308 g/mol. The van der Waals surface area contributed by atoms with Crippen LogP contribution in [0.1, 0.15) is 21.5 Å². The molecule has 6 nitrogen and oxygen atoms in total. The highest BCUT2D eigenvalue weighted by Crippen LogP contribution is 2.16. The zero-order chi connectivity index (χ0) is 17.7. The lowest BCUT2D eigenvalue weighted by atomic mass is 10.1. The number of rotatable bonds is 3. The van der Waals surface area contributed by atoms with E-state index in [0.717, 1.165) is 11.1 Å². The molecule has 0 fully saturated rings. The molecule has 0 aromatic heterocycles. The number of hydrogen-bond donors (Lipinski definition) is 2. The Bertz CT molecular complexity index is 782. The minimum Gasteiger partial charge on any atom is -0.465 e. The highest BCUT2D eigenvalue weighted by Gasteiger charge is 2.15. The van der Waals surface area contributed by atoms with Crippen molar-refractivity contribution in [3.8, 4) is 0 Å². The summed E-state index contributed by atoms with van der Waals surface area (Å²) in [5.74, 6) is -2.02. The zero-order valence-corrected chi connectivity index (χ0v) is 13.7. The van der Waals surface area contributed by atoms with Crippen molar-refractivity contribution in [3.05, 3.63) is 59.2 Å². The molecule has 0 aliphatic carbocycles. The van der Waals surface area contributed by atoms with Gasteiger partial charge >= 0.3 is 17.8 Å². The van der Waals surface area contributed by atoms with Crippen molar-refractivity contribution in [2.75, 3.05) is 17.7 Å². The number of hydrogen-bond acceptors (Lipinski definition) is 4. The van der Waals surface area contributed by atoms with Crippen LogP contribution in [0.3, 0.4) is 0 Å². The maximum absolute atomic E-state index is 12.0. The second kappa shape index (κ2) is 7.41. The number of benzene rings is 2. The van der Waals surface area contributed by atoms with Crippen molar-refractivity contribution in [1.82, 2.24) is 0 Å². The van der Waals surface area contributed by atoms with Crippen LogP contribution in [0.4, 0.5) is 11.4 Å². The van der Waals surface area contributed by atoms with Gasteiger partial charge in [-0.1, -0.05) is 12.1 Å². The van der Waals surface area contributed by atoms with Gasteiger partial charge in [-0.05, 0) is 55.3 Å². The van der Waals surface area contributed by atoms with Crippen LogP contribution in [0.15, 0.2) is 42.5 Å². The van der Waals surface area contributed by atoms with Crippen molar-refractivity contribution >= 4 is 29.2 Å². The van der Waals surface area contributed by atoms with E-state index in [4.69, 9.17) is 0 Å². The molecule has 2 rings (SSSR count). The minimum atomic E-state index is -0.790. The first-order valence-electron chi connectivity index (χ1n) is 7.28. The molecule has 0 radical (unpaired) electrons. The third kappa shape index (κ3) is 4.19. The van der Waals surface area contributed by atoms with Crippen molar-refractivity contribution in [1.29, 1.82) is 0 Å². The number of amides is 2. The van der Waals surface area contributed by atoms with Gasteiger partial charge in [0.15, 0.2) is 0 Å². The highest BCUT2D eigenvalue weighted by atomic mass is 16.5. The molecule has 2 aromatic rings.